The van der Waals surface area contributed by atoms with Gasteiger partial charge in [0.2, 0.25) is 6.08 Å². The molecule has 6 rings (SSSR count). The van der Waals surface area contributed by atoms with E-state index in [0.717, 1.165) is 41.9 Å². The zero-order valence-electron chi connectivity index (χ0n) is 38.8. The molecule has 0 spiro atoms. The second-order valence-electron chi connectivity index (χ2n) is 18.7. The van der Waals surface area contributed by atoms with Crippen LogP contribution in [0.3, 0.4) is 0 Å². The summed E-state index contributed by atoms with van der Waals surface area (Å²) in [5.74, 6) is 1.45. The van der Waals surface area contributed by atoms with E-state index in [1.54, 1.807) is 6.08 Å². The van der Waals surface area contributed by atoms with Crippen LogP contribution >= 0.6 is 0 Å². The summed E-state index contributed by atoms with van der Waals surface area (Å²) < 4.78 is 0. The zero-order chi connectivity index (χ0) is 44.0. The van der Waals surface area contributed by atoms with Crippen LogP contribution in [0.1, 0.15) is 169 Å². The van der Waals surface area contributed by atoms with E-state index in [9.17, 15) is 9.59 Å². The number of para-hydroxylation sites is 2. The monoisotopic (exact) mass is 814 g/mol. The Labute approximate surface area is 363 Å². The van der Waals surface area contributed by atoms with Crippen molar-refractivity contribution in [3.8, 4) is 0 Å². The van der Waals surface area contributed by atoms with Crippen molar-refractivity contribution < 1.29 is 9.59 Å². The van der Waals surface area contributed by atoms with Gasteiger partial charge < -0.3 is 21.3 Å². The normalized spacial score (nSPS) is 15.2. The number of aryl methyl sites for hydroxylation is 1. The maximum Gasteiger partial charge on any atom is 0.319 e. The van der Waals surface area contributed by atoms with Crippen LogP contribution in [-0.4, -0.2) is 39.3 Å². The first kappa shape index (κ1) is 48.0. The van der Waals surface area contributed by atoms with E-state index in [2.05, 4.69) is 164 Å². The third kappa shape index (κ3) is 12.2. The van der Waals surface area contributed by atoms with Crippen LogP contribution in [0.15, 0.2) is 89.9 Å². The lowest BCUT2D eigenvalue weighted by Crippen LogP contribution is -2.41. The minimum atomic E-state index is -0.105. The minimum absolute atomic E-state index is 0.0284. The second kappa shape index (κ2) is 22.2. The molecule has 2 aliphatic rings. The van der Waals surface area contributed by atoms with Gasteiger partial charge in [0, 0.05) is 49.4 Å². The van der Waals surface area contributed by atoms with Crippen LogP contribution < -0.4 is 21.3 Å². The maximum absolute atomic E-state index is 13.0. The molecular formula is C53H75N5O2. The van der Waals surface area contributed by atoms with E-state index in [-0.39, 0.29) is 11.4 Å². The molecule has 0 bridgehead atoms. The summed E-state index contributed by atoms with van der Waals surface area (Å²) in [6.07, 6.45) is 11.5. The summed E-state index contributed by atoms with van der Waals surface area (Å²) in [7, 11) is 4.12. The van der Waals surface area contributed by atoms with Gasteiger partial charge in [-0.3, -0.25) is 0 Å². The summed E-state index contributed by atoms with van der Waals surface area (Å²) in [4.78, 5) is 29.4. The molecule has 324 valence electrons. The second-order valence-corrected chi connectivity index (χ2v) is 18.7. The highest BCUT2D eigenvalue weighted by Gasteiger charge is 2.36. The topological polar surface area (TPSA) is 99.8 Å². The summed E-state index contributed by atoms with van der Waals surface area (Å²) >= 11 is 0. The van der Waals surface area contributed by atoms with E-state index in [1.165, 1.54) is 72.0 Å². The molecule has 4 aromatic rings. The fourth-order valence-corrected chi connectivity index (χ4v) is 9.09. The average molecular weight is 814 g/mol. The molecule has 7 heteroatoms. The molecule has 7 nitrogen and oxygen atoms in total. The Kier molecular flexibility index (Phi) is 17.8. The molecule has 2 saturated carbocycles. The Balaban J connectivity index is 0.000000226. The van der Waals surface area contributed by atoms with Gasteiger partial charge in [-0.25, -0.2) is 9.59 Å². The van der Waals surface area contributed by atoms with Gasteiger partial charge in [0.15, 0.2) is 0 Å². The van der Waals surface area contributed by atoms with Gasteiger partial charge in [0.25, 0.3) is 0 Å². The van der Waals surface area contributed by atoms with E-state index >= 15 is 0 Å². The molecule has 60 heavy (non-hydrogen) atoms. The lowest BCUT2D eigenvalue weighted by molar-refractivity contribution is 0.248. The van der Waals surface area contributed by atoms with Crippen LogP contribution in [0.2, 0.25) is 0 Å². The first-order valence-corrected chi connectivity index (χ1v) is 22.5. The molecule has 4 aromatic carbocycles. The lowest BCUT2D eigenvalue weighted by atomic mass is 9.78. The Bertz CT molecular complexity index is 1940. The fraction of sp³-hybridized carbons (Fsp3) is 0.509. The van der Waals surface area contributed by atoms with E-state index in [4.69, 9.17) is 5.73 Å². The number of isocyanates is 1. The van der Waals surface area contributed by atoms with E-state index in [1.807, 2.05) is 18.2 Å². The number of hydrogen-bond donors (Lipinski definition) is 3. The van der Waals surface area contributed by atoms with Crippen molar-refractivity contribution in [3.63, 3.8) is 0 Å². The first-order valence-electron chi connectivity index (χ1n) is 22.5. The number of nitrogens with zero attached hydrogens (tertiary/aromatic N) is 2. The van der Waals surface area contributed by atoms with Crippen LogP contribution in [0, 0.1) is 6.92 Å². The third-order valence-electron chi connectivity index (χ3n) is 12.9. The van der Waals surface area contributed by atoms with Crippen molar-refractivity contribution >= 4 is 29.2 Å². The predicted octanol–water partition coefficient (Wildman–Crippen LogP) is 13.3. The van der Waals surface area contributed by atoms with Gasteiger partial charge in [0.05, 0.1) is 5.69 Å². The molecule has 0 heterocycles. The van der Waals surface area contributed by atoms with Crippen molar-refractivity contribution in [2.75, 3.05) is 37.4 Å². The predicted molar refractivity (Wildman–Crippen MR) is 255 cm³/mol. The van der Waals surface area contributed by atoms with Gasteiger partial charge >= 0.3 is 6.03 Å². The number of rotatable bonds is 12. The number of aliphatic imine (C=N–C) groups is 1. The highest BCUT2D eigenvalue weighted by molar-refractivity contribution is 5.91. The number of carbonyl (C=O) groups is 1. The molecule has 0 unspecified atom stereocenters. The molecule has 0 aliphatic heterocycles. The summed E-state index contributed by atoms with van der Waals surface area (Å²) in [6.45, 7) is 20.7. The largest absolute Gasteiger partial charge is 0.378 e. The van der Waals surface area contributed by atoms with E-state index < -0.39 is 0 Å². The third-order valence-corrected chi connectivity index (χ3v) is 12.9. The number of carbonyl (C=O) groups excluding carboxylic acids is 2. The Morgan fingerprint density at radius 3 is 1.50 bits per heavy atom. The summed E-state index contributed by atoms with van der Waals surface area (Å²) in [5.41, 5.74) is 18.0. The quantitative estimate of drug-likeness (QED) is 0.0979. The highest BCUT2D eigenvalue weighted by Crippen LogP contribution is 2.42. The summed E-state index contributed by atoms with van der Waals surface area (Å²) in [5, 5.41) is 6.42. The molecule has 2 fully saturated rings. The SMILES string of the molecule is CC(C)c1cccc(C(C)C)c1N=C=O.CC(C)c1cccc(C(C)C)c1NC(=O)NCC1(c2ccc(N(C)C)cc2)CCCC1.Cc1ccc(C2(CN)CCCC2)cc1. The number of hydrogen-bond acceptors (Lipinski definition) is 5. The molecular weight excluding hydrogens is 739 g/mol. The maximum atomic E-state index is 13.0. The molecule has 2 amide bonds. The number of amides is 2. The van der Waals surface area contributed by atoms with Crippen LogP contribution in [0.4, 0.5) is 21.9 Å². The highest BCUT2D eigenvalue weighted by atomic mass is 16.2. The van der Waals surface area contributed by atoms with Crippen molar-refractivity contribution in [2.45, 2.75) is 148 Å². The Hall–Kier alpha value is -4.71. The molecule has 2 aliphatic carbocycles. The zero-order valence-corrected chi connectivity index (χ0v) is 38.8. The average Bonchev–Trinajstić information content (AvgIpc) is 3.93. The van der Waals surface area contributed by atoms with Crippen molar-refractivity contribution in [3.05, 3.63) is 124 Å². The first-order chi connectivity index (χ1) is 28.6. The van der Waals surface area contributed by atoms with E-state index in [0.29, 0.717) is 35.6 Å². The smallest absolute Gasteiger partial charge is 0.319 e. The Morgan fingerprint density at radius 2 is 1.08 bits per heavy atom. The minimum Gasteiger partial charge on any atom is -0.378 e. The number of benzene rings is 4. The van der Waals surface area contributed by atoms with Crippen molar-refractivity contribution in [1.82, 2.24) is 5.32 Å². The molecule has 4 N–H and O–H groups in total. The van der Waals surface area contributed by atoms with Crippen molar-refractivity contribution in [2.24, 2.45) is 10.7 Å². The Morgan fingerprint density at radius 1 is 0.667 bits per heavy atom. The number of nitrogens with two attached hydrogens (primary N) is 1. The molecule has 0 atom stereocenters. The number of anilines is 2. The van der Waals surface area contributed by atoms with Crippen LogP contribution in [0.25, 0.3) is 0 Å². The van der Waals surface area contributed by atoms with Gasteiger partial charge in [-0.05, 0) is 102 Å². The standard InChI is InChI=1S/C27H39N3O.C13H17NO.C13H19N/c1-19(2)23-10-9-11-24(20(3)4)25(23)29-26(31)28-18-27(16-7-8-17-27)21-12-14-22(15-13-21)30(5)6;1-9(2)11-6-5-7-12(10(3)4)13(11)14-8-15;1-11-4-6-12(7-5-11)13(10-14)8-2-3-9-13/h9-15,19-20H,7-8,16-18H2,1-6H3,(H2,28,29,31);5-7,9-10H,1-4H3;4-7H,2-3,8-10,14H2,1H3. The number of urea groups is 1. The molecule has 0 radical (unpaired) electrons. The molecule has 0 aromatic heterocycles. The van der Waals surface area contributed by atoms with Crippen molar-refractivity contribution in [1.29, 1.82) is 0 Å². The van der Waals surface area contributed by atoms with Gasteiger partial charge in [-0.2, -0.15) is 4.99 Å². The summed E-state index contributed by atoms with van der Waals surface area (Å²) in [6, 6.07) is 30.1. The number of nitrogens with one attached hydrogen (secondary N) is 2. The lowest BCUT2D eigenvalue weighted by Gasteiger charge is -2.31. The fourth-order valence-electron chi connectivity index (χ4n) is 9.09. The van der Waals surface area contributed by atoms with Gasteiger partial charge in [-0.1, -0.05) is 159 Å². The van der Waals surface area contributed by atoms with Crippen LogP contribution in [0.5, 0.6) is 0 Å². The van der Waals surface area contributed by atoms with Crippen LogP contribution in [-0.2, 0) is 15.6 Å². The van der Waals surface area contributed by atoms with Gasteiger partial charge in [-0.15, -0.1) is 0 Å². The van der Waals surface area contributed by atoms with Gasteiger partial charge in [0.1, 0.15) is 0 Å². The molecule has 0 saturated heterocycles.